The Bertz CT molecular complexity index is 230. The van der Waals surface area contributed by atoms with Gasteiger partial charge in [-0.1, -0.05) is 54.4 Å². The maximum Gasteiger partial charge on any atom is -0.0297 e. The molecule has 0 N–H and O–H groups in total. The molecular formula is C19H38. The third kappa shape index (κ3) is 6.82. The minimum atomic E-state index is 0.814. The van der Waals surface area contributed by atoms with Crippen molar-refractivity contribution < 1.29 is 0 Å². The molecule has 2 fully saturated rings. The molecule has 0 bridgehead atoms. The first kappa shape index (κ1) is 17.1. The fourth-order valence-corrected chi connectivity index (χ4v) is 3.61. The molecule has 0 aromatic heterocycles. The van der Waals surface area contributed by atoms with Crippen LogP contribution in [0.4, 0.5) is 0 Å². The Hall–Kier alpha value is 0. The molecule has 0 amide bonds. The Morgan fingerprint density at radius 3 is 1.74 bits per heavy atom. The van der Waals surface area contributed by atoms with Crippen molar-refractivity contribution in [1.29, 1.82) is 0 Å². The summed E-state index contributed by atoms with van der Waals surface area (Å²) in [6.45, 7) is 14.0. The van der Waals surface area contributed by atoms with Crippen molar-refractivity contribution in [2.75, 3.05) is 0 Å². The fourth-order valence-electron chi connectivity index (χ4n) is 3.61. The van der Waals surface area contributed by atoms with E-state index in [0.717, 1.165) is 29.1 Å². The first-order chi connectivity index (χ1) is 8.92. The second-order valence-corrected chi connectivity index (χ2v) is 8.09. The van der Waals surface area contributed by atoms with Crippen LogP contribution in [0.3, 0.4) is 0 Å². The van der Waals surface area contributed by atoms with Crippen molar-refractivity contribution in [2.24, 2.45) is 29.1 Å². The summed E-state index contributed by atoms with van der Waals surface area (Å²) < 4.78 is 0. The third-order valence-corrected chi connectivity index (χ3v) is 5.14. The van der Waals surface area contributed by atoms with Crippen LogP contribution in [0.25, 0.3) is 0 Å². The van der Waals surface area contributed by atoms with E-state index in [1.165, 1.54) is 51.4 Å². The lowest BCUT2D eigenvalue weighted by Gasteiger charge is -2.15. The fraction of sp³-hybridized carbons (Fsp3) is 1.00. The molecule has 0 heterocycles. The Balaban J connectivity index is 0.000000191. The Labute approximate surface area is 122 Å². The molecule has 2 aliphatic carbocycles. The molecule has 1 atom stereocenters. The highest BCUT2D eigenvalue weighted by atomic mass is 14.5. The molecule has 0 spiro atoms. The summed E-state index contributed by atoms with van der Waals surface area (Å²) in [5.74, 6) is 3.99. The second-order valence-electron chi connectivity index (χ2n) is 8.09. The quantitative estimate of drug-likeness (QED) is 0.481. The minimum absolute atomic E-state index is 0.814. The van der Waals surface area contributed by atoms with Gasteiger partial charge >= 0.3 is 0 Å². The lowest BCUT2D eigenvalue weighted by atomic mass is 9.91. The van der Waals surface area contributed by atoms with E-state index >= 15 is 0 Å². The van der Waals surface area contributed by atoms with Gasteiger partial charge in [0.1, 0.15) is 0 Å². The van der Waals surface area contributed by atoms with Crippen LogP contribution in [0.15, 0.2) is 0 Å². The maximum absolute atomic E-state index is 2.34. The molecule has 0 aromatic carbocycles. The van der Waals surface area contributed by atoms with Crippen LogP contribution in [0.5, 0.6) is 0 Å². The van der Waals surface area contributed by atoms with E-state index in [1.807, 2.05) is 0 Å². The van der Waals surface area contributed by atoms with Gasteiger partial charge in [0.25, 0.3) is 0 Å². The average molecular weight is 267 g/mol. The smallest absolute Gasteiger partial charge is 0.0297 e. The molecule has 0 radical (unpaired) electrons. The Morgan fingerprint density at radius 1 is 0.947 bits per heavy atom. The summed E-state index contributed by atoms with van der Waals surface area (Å²) in [4.78, 5) is 0. The van der Waals surface area contributed by atoms with Gasteiger partial charge in [-0.2, -0.15) is 0 Å². The summed E-state index contributed by atoms with van der Waals surface area (Å²) in [6, 6.07) is 0. The van der Waals surface area contributed by atoms with Gasteiger partial charge in [0.2, 0.25) is 0 Å². The molecule has 2 rings (SSSR count). The lowest BCUT2D eigenvalue weighted by Crippen LogP contribution is -2.05. The highest BCUT2D eigenvalue weighted by molar-refractivity contribution is 4.91. The van der Waals surface area contributed by atoms with Crippen molar-refractivity contribution in [3.05, 3.63) is 0 Å². The number of rotatable bonds is 7. The SMILES string of the molecule is CCC(CC(C)C)C1CC1.CCC1(CC(C)C)CC1. The zero-order valence-corrected chi connectivity index (χ0v) is 14.5. The number of hydrogen-bond donors (Lipinski definition) is 0. The first-order valence-electron chi connectivity index (χ1n) is 8.92. The van der Waals surface area contributed by atoms with E-state index in [4.69, 9.17) is 0 Å². The largest absolute Gasteiger partial charge is 0.0651 e. The van der Waals surface area contributed by atoms with E-state index < -0.39 is 0 Å². The molecular weight excluding hydrogens is 228 g/mol. The van der Waals surface area contributed by atoms with E-state index in [2.05, 4.69) is 41.5 Å². The van der Waals surface area contributed by atoms with Gasteiger partial charge in [-0.05, 0) is 67.6 Å². The summed E-state index contributed by atoms with van der Waals surface area (Å²) in [5, 5.41) is 0. The van der Waals surface area contributed by atoms with Gasteiger partial charge in [-0.15, -0.1) is 0 Å². The lowest BCUT2D eigenvalue weighted by molar-refractivity contribution is 0.358. The topological polar surface area (TPSA) is 0 Å². The van der Waals surface area contributed by atoms with Crippen molar-refractivity contribution in [3.8, 4) is 0 Å². The molecule has 2 saturated carbocycles. The monoisotopic (exact) mass is 266 g/mol. The van der Waals surface area contributed by atoms with Gasteiger partial charge in [0.15, 0.2) is 0 Å². The third-order valence-electron chi connectivity index (χ3n) is 5.14. The van der Waals surface area contributed by atoms with Gasteiger partial charge in [0.05, 0.1) is 0 Å². The Kier molecular flexibility index (Phi) is 6.91. The highest BCUT2D eigenvalue weighted by Gasteiger charge is 2.40. The molecule has 0 aromatic rings. The van der Waals surface area contributed by atoms with Gasteiger partial charge < -0.3 is 0 Å². The molecule has 0 saturated heterocycles. The zero-order valence-electron chi connectivity index (χ0n) is 14.5. The molecule has 0 aliphatic heterocycles. The standard InChI is InChI=1S/C10H20.C9H18/c1-4-9(7-8(2)3)10-5-6-10;1-4-9(5-6-9)7-8(2)3/h8-10H,4-7H2,1-3H3;8H,4-7H2,1-3H3. The second kappa shape index (κ2) is 7.70. The molecule has 0 heteroatoms. The minimum Gasteiger partial charge on any atom is -0.0651 e. The van der Waals surface area contributed by atoms with E-state index in [9.17, 15) is 0 Å². The molecule has 19 heavy (non-hydrogen) atoms. The zero-order chi connectivity index (χ0) is 14.5. The first-order valence-corrected chi connectivity index (χ1v) is 8.92. The van der Waals surface area contributed by atoms with Crippen LogP contribution < -0.4 is 0 Å². The number of hydrogen-bond acceptors (Lipinski definition) is 0. The van der Waals surface area contributed by atoms with Crippen LogP contribution in [-0.4, -0.2) is 0 Å². The van der Waals surface area contributed by atoms with Crippen LogP contribution in [-0.2, 0) is 0 Å². The van der Waals surface area contributed by atoms with Crippen LogP contribution in [0.1, 0.15) is 92.9 Å². The normalized spacial score (nSPS) is 22.1. The highest BCUT2D eigenvalue weighted by Crippen LogP contribution is 2.53. The van der Waals surface area contributed by atoms with Crippen molar-refractivity contribution in [3.63, 3.8) is 0 Å². The van der Waals surface area contributed by atoms with E-state index in [-0.39, 0.29) is 0 Å². The summed E-state index contributed by atoms with van der Waals surface area (Å²) in [7, 11) is 0. The van der Waals surface area contributed by atoms with Gasteiger partial charge in [-0.25, -0.2) is 0 Å². The summed E-state index contributed by atoms with van der Waals surface area (Å²) in [5.41, 5.74) is 0.814. The summed E-state index contributed by atoms with van der Waals surface area (Å²) in [6.07, 6.45) is 11.8. The van der Waals surface area contributed by atoms with Crippen LogP contribution >= 0.6 is 0 Å². The molecule has 114 valence electrons. The predicted molar refractivity (Wildman–Crippen MR) is 87.4 cm³/mol. The van der Waals surface area contributed by atoms with Crippen molar-refractivity contribution >= 4 is 0 Å². The average Bonchev–Trinajstić information content (AvgIpc) is 3.20. The van der Waals surface area contributed by atoms with Gasteiger partial charge in [0, 0.05) is 0 Å². The van der Waals surface area contributed by atoms with Crippen LogP contribution in [0.2, 0.25) is 0 Å². The molecule has 1 unspecified atom stereocenters. The van der Waals surface area contributed by atoms with Crippen LogP contribution in [0, 0.1) is 29.1 Å². The van der Waals surface area contributed by atoms with E-state index in [1.54, 1.807) is 0 Å². The van der Waals surface area contributed by atoms with E-state index in [0.29, 0.717) is 0 Å². The Morgan fingerprint density at radius 2 is 1.53 bits per heavy atom. The van der Waals surface area contributed by atoms with Crippen molar-refractivity contribution in [2.45, 2.75) is 92.9 Å². The maximum atomic E-state index is 2.34. The molecule has 0 nitrogen and oxygen atoms in total. The molecule has 2 aliphatic rings. The van der Waals surface area contributed by atoms with Crippen molar-refractivity contribution in [1.82, 2.24) is 0 Å². The summed E-state index contributed by atoms with van der Waals surface area (Å²) >= 11 is 0. The predicted octanol–water partition coefficient (Wildman–Crippen LogP) is 6.69. The van der Waals surface area contributed by atoms with Gasteiger partial charge in [-0.3, -0.25) is 0 Å².